The van der Waals surface area contributed by atoms with Crippen LogP contribution in [0.25, 0.3) is 32.0 Å². The molecule has 0 fully saturated rings. The molecule has 0 N–H and O–H groups in total. The molecule has 2 aromatic heterocycles. The fraction of sp³-hybridized carbons (Fsp3) is 0.100. The van der Waals surface area contributed by atoms with Crippen molar-refractivity contribution in [3.63, 3.8) is 0 Å². The maximum atomic E-state index is 4.78. The average molecular weight is 317 g/mol. The summed E-state index contributed by atoms with van der Waals surface area (Å²) < 4.78 is 3.40. The van der Waals surface area contributed by atoms with E-state index in [0.717, 1.165) is 10.5 Å². The van der Waals surface area contributed by atoms with Crippen LogP contribution in [0.15, 0.2) is 66.9 Å². The Morgan fingerprint density at radius 1 is 0.957 bits per heavy atom. The maximum Gasteiger partial charge on any atom is 0.213 e. The summed E-state index contributed by atoms with van der Waals surface area (Å²) in [6, 6.07) is 21.2. The van der Waals surface area contributed by atoms with E-state index in [2.05, 4.69) is 79.3 Å². The molecular weight excluding hydrogens is 300 g/mol. The zero-order valence-electron chi connectivity index (χ0n) is 13.2. The summed E-state index contributed by atoms with van der Waals surface area (Å²) in [5, 5.41) is 1.07. The number of hydrogen-bond acceptors (Lipinski definition) is 2. The number of benzene rings is 2. The molecule has 4 aromatic rings. The summed E-state index contributed by atoms with van der Waals surface area (Å²) in [5.74, 6) is 0. The van der Waals surface area contributed by atoms with E-state index >= 15 is 0 Å². The Bertz CT molecular complexity index is 968. The predicted octanol–water partition coefficient (Wildman–Crippen LogP) is 4.76. The topological polar surface area (TPSA) is 16.8 Å². The van der Waals surface area contributed by atoms with E-state index in [0.29, 0.717) is 0 Å². The van der Waals surface area contributed by atoms with Crippen LogP contribution in [0, 0.1) is 6.92 Å². The van der Waals surface area contributed by atoms with Gasteiger partial charge < -0.3 is 0 Å². The fourth-order valence-corrected chi connectivity index (χ4v) is 3.79. The lowest BCUT2D eigenvalue weighted by Gasteiger charge is -2.05. The van der Waals surface area contributed by atoms with Gasteiger partial charge in [-0.25, -0.2) is 9.55 Å². The fourth-order valence-electron chi connectivity index (χ4n) is 2.83. The Hall–Kier alpha value is -2.52. The number of aryl methyl sites for hydroxylation is 2. The first kappa shape index (κ1) is 14.1. The van der Waals surface area contributed by atoms with Crippen molar-refractivity contribution in [2.24, 2.45) is 7.05 Å². The summed E-state index contributed by atoms with van der Waals surface area (Å²) in [6.45, 7) is 2.15. The highest BCUT2D eigenvalue weighted by atomic mass is 32.1. The summed E-state index contributed by atoms with van der Waals surface area (Å²) >= 11 is 1.74. The summed E-state index contributed by atoms with van der Waals surface area (Å²) in [7, 11) is 2.09. The minimum atomic E-state index is 1.07. The van der Waals surface area contributed by atoms with Crippen LogP contribution in [0.2, 0.25) is 0 Å². The van der Waals surface area contributed by atoms with E-state index in [-0.39, 0.29) is 0 Å². The molecule has 0 amide bonds. The van der Waals surface area contributed by atoms with Crippen molar-refractivity contribution in [3.8, 4) is 21.8 Å². The second-order valence-corrected chi connectivity index (χ2v) is 6.74. The third-order valence-corrected chi connectivity index (χ3v) is 5.20. The van der Waals surface area contributed by atoms with E-state index in [1.165, 1.54) is 27.1 Å². The lowest BCUT2D eigenvalue weighted by atomic mass is 10.0. The molecule has 0 bridgehead atoms. The largest absolute Gasteiger partial charge is 0.236 e. The number of rotatable bonds is 2. The van der Waals surface area contributed by atoms with Gasteiger partial charge in [-0.05, 0) is 30.7 Å². The highest BCUT2D eigenvalue weighted by molar-refractivity contribution is 7.21. The van der Waals surface area contributed by atoms with Gasteiger partial charge in [0.2, 0.25) is 5.69 Å². The molecule has 0 aliphatic carbocycles. The molecular formula is C20H17N2S+. The van der Waals surface area contributed by atoms with Gasteiger partial charge in [0.1, 0.15) is 12.1 Å². The lowest BCUT2D eigenvalue weighted by Crippen LogP contribution is -2.30. The normalized spacial score (nSPS) is 11.0. The first-order valence-corrected chi connectivity index (χ1v) is 8.46. The molecule has 0 spiro atoms. The maximum absolute atomic E-state index is 4.78. The lowest BCUT2D eigenvalue weighted by molar-refractivity contribution is -0.660. The molecule has 0 saturated carbocycles. The monoisotopic (exact) mass is 317 g/mol. The van der Waals surface area contributed by atoms with Crippen molar-refractivity contribution in [2.45, 2.75) is 6.92 Å². The molecule has 0 unspecified atom stereocenters. The van der Waals surface area contributed by atoms with Crippen LogP contribution in [0.5, 0.6) is 0 Å². The minimum absolute atomic E-state index is 1.07. The molecule has 2 nitrogen and oxygen atoms in total. The Morgan fingerprint density at radius 3 is 2.57 bits per heavy atom. The molecule has 2 heterocycles. The zero-order valence-corrected chi connectivity index (χ0v) is 14.0. The molecule has 23 heavy (non-hydrogen) atoms. The van der Waals surface area contributed by atoms with Crippen molar-refractivity contribution in [2.75, 3.05) is 0 Å². The van der Waals surface area contributed by atoms with Gasteiger partial charge in [0.05, 0.1) is 10.2 Å². The van der Waals surface area contributed by atoms with Crippen molar-refractivity contribution in [1.29, 1.82) is 0 Å². The van der Waals surface area contributed by atoms with Gasteiger partial charge >= 0.3 is 0 Å². The van der Waals surface area contributed by atoms with Crippen LogP contribution in [0.4, 0.5) is 0 Å². The molecule has 0 atom stereocenters. The van der Waals surface area contributed by atoms with Crippen LogP contribution in [0.3, 0.4) is 0 Å². The second kappa shape index (κ2) is 5.60. The molecule has 0 aliphatic heterocycles. The number of para-hydroxylation sites is 1. The van der Waals surface area contributed by atoms with Gasteiger partial charge in [0.15, 0.2) is 6.20 Å². The van der Waals surface area contributed by atoms with Crippen molar-refractivity contribution in [1.82, 2.24) is 4.98 Å². The molecule has 0 saturated heterocycles. The van der Waals surface area contributed by atoms with E-state index in [1.807, 2.05) is 6.07 Å². The van der Waals surface area contributed by atoms with Crippen LogP contribution in [-0.2, 0) is 7.05 Å². The zero-order chi connectivity index (χ0) is 15.8. The molecule has 0 aliphatic rings. The third kappa shape index (κ3) is 2.53. The van der Waals surface area contributed by atoms with Crippen molar-refractivity contribution in [3.05, 3.63) is 72.4 Å². The number of thiazole rings is 1. The van der Waals surface area contributed by atoms with Gasteiger partial charge in [-0.15, -0.1) is 11.3 Å². The first-order chi connectivity index (χ1) is 11.2. The van der Waals surface area contributed by atoms with E-state index in [1.54, 1.807) is 11.3 Å². The number of pyridine rings is 1. The Labute approximate surface area is 139 Å². The quantitative estimate of drug-likeness (QED) is 0.487. The molecule has 2 aromatic carbocycles. The Kier molecular flexibility index (Phi) is 3.43. The number of hydrogen-bond donors (Lipinski definition) is 0. The average Bonchev–Trinajstić information content (AvgIpc) is 3.00. The van der Waals surface area contributed by atoms with E-state index in [4.69, 9.17) is 4.98 Å². The Morgan fingerprint density at radius 2 is 1.74 bits per heavy atom. The third-order valence-electron chi connectivity index (χ3n) is 4.11. The standard InChI is InChI=1S/C20H17N2S/c1-14-7-3-4-8-16(14)18-13-15(11-12-22(18)2)20-21-17-9-5-6-10-19(17)23-20/h3-13H,1-2H3/q+1. The van der Waals surface area contributed by atoms with Gasteiger partial charge in [-0.2, -0.15) is 0 Å². The predicted molar refractivity (Wildman–Crippen MR) is 96.4 cm³/mol. The number of nitrogens with zero attached hydrogens (tertiary/aromatic N) is 2. The second-order valence-electron chi connectivity index (χ2n) is 5.71. The van der Waals surface area contributed by atoms with Gasteiger partial charge in [0, 0.05) is 23.3 Å². The van der Waals surface area contributed by atoms with Crippen LogP contribution < -0.4 is 4.57 Å². The first-order valence-electron chi connectivity index (χ1n) is 7.64. The molecule has 4 rings (SSSR count). The summed E-state index contributed by atoms with van der Waals surface area (Å²) in [5.41, 5.74) is 5.99. The SMILES string of the molecule is Cc1ccccc1-c1cc(-c2nc3ccccc3s2)cc[n+]1C. The smallest absolute Gasteiger partial charge is 0.213 e. The van der Waals surface area contributed by atoms with Gasteiger partial charge in [-0.1, -0.05) is 30.3 Å². The Balaban J connectivity index is 1.88. The number of fused-ring (bicyclic) bond motifs is 1. The number of aromatic nitrogens is 2. The van der Waals surface area contributed by atoms with Gasteiger partial charge in [0.25, 0.3) is 0 Å². The summed E-state index contributed by atoms with van der Waals surface area (Å²) in [6.07, 6.45) is 2.11. The van der Waals surface area contributed by atoms with Crippen molar-refractivity contribution < 1.29 is 4.57 Å². The van der Waals surface area contributed by atoms with Crippen LogP contribution >= 0.6 is 11.3 Å². The van der Waals surface area contributed by atoms with Gasteiger partial charge in [-0.3, -0.25) is 0 Å². The molecule has 112 valence electrons. The van der Waals surface area contributed by atoms with Crippen LogP contribution in [-0.4, -0.2) is 4.98 Å². The highest BCUT2D eigenvalue weighted by Crippen LogP contribution is 2.31. The molecule has 3 heteroatoms. The highest BCUT2D eigenvalue weighted by Gasteiger charge is 2.15. The van der Waals surface area contributed by atoms with Crippen LogP contribution in [0.1, 0.15) is 5.56 Å². The summed E-state index contributed by atoms with van der Waals surface area (Å²) in [4.78, 5) is 4.78. The van der Waals surface area contributed by atoms with E-state index < -0.39 is 0 Å². The van der Waals surface area contributed by atoms with E-state index in [9.17, 15) is 0 Å². The van der Waals surface area contributed by atoms with Crippen molar-refractivity contribution >= 4 is 21.6 Å². The molecule has 0 radical (unpaired) electrons. The minimum Gasteiger partial charge on any atom is -0.236 e.